The lowest BCUT2D eigenvalue weighted by atomic mass is 10.0. The van der Waals surface area contributed by atoms with Crippen LogP contribution in [0, 0.1) is 0 Å². The Morgan fingerprint density at radius 1 is 1.10 bits per heavy atom. The van der Waals surface area contributed by atoms with Gasteiger partial charge in [0.2, 0.25) is 11.8 Å². The van der Waals surface area contributed by atoms with E-state index in [0.717, 1.165) is 29.9 Å². The van der Waals surface area contributed by atoms with Crippen molar-refractivity contribution in [2.45, 2.75) is 44.9 Å². The number of piperidine rings is 1. The SMILES string of the molecule is CC1CNc2ccccc2N1Cc1ccc2c(c1)CN(C1CCC(=O)NC1=O)C2=O. The molecule has 1 fully saturated rings. The monoisotopic (exact) mass is 404 g/mol. The van der Waals surface area contributed by atoms with Gasteiger partial charge >= 0.3 is 0 Å². The third-order valence-electron chi connectivity index (χ3n) is 6.27. The number of para-hydroxylation sites is 2. The molecule has 0 bridgehead atoms. The van der Waals surface area contributed by atoms with Crippen molar-refractivity contribution in [1.82, 2.24) is 10.2 Å². The maximum absolute atomic E-state index is 12.9. The van der Waals surface area contributed by atoms with Gasteiger partial charge in [0.1, 0.15) is 6.04 Å². The third-order valence-corrected chi connectivity index (χ3v) is 6.27. The summed E-state index contributed by atoms with van der Waals surface area (Å²) in [6.07, 6.45) is 0.647. The summed E-state index contributed by atoms with van der Waals surface area (Å²) in [6.45, 7) is 4.23. The van der Waals surface area contributed by atoms with E-state index in [9.17, 15) is 14.4 Å². The van der Waals surface area contributed by atoms with E-state index in [-0.39, 0.29) is 24.1 Å². The summed E-state index contributed by atoms with van der Waals surface area (Å²) >= 11 is 0. The summed E-state index contributed by atoms with van der Waals surface area (Å²) in [6, 6.07) is 14.0. The zero-order chi connectivity index (χ0) is 20.8. The van der Waals surface area contributed by atoms with Crippen LogP contribution in [0.3, 0.4) is 0 Å². The van der Waals surface area contributed by atoms with Crippen molar-refractivity contribution >= 4 is 29.1 Å². The van der Waals surface area contributed by atoms with Gasteiger partial charge < -0.3 is 15.1 Å². The molecular formula is C23H24N4O3. The maximum Gasteiger partial charge on any atom is 0.255 e. The number of nitrogens with one attached hydrogen (secondary N) is 2. The fourth-order valence-corrected chi connectivity index (χ4v) is 4.64. The van der Waals surface area contributed by atoms with Gasteiger partial charge in [-0.1, -0.05) is 24.3 Å². The summed E-state index contributed by atoms with van der Waals surface area (Å²) in [5, 5.41) is 5.82. The van der Waals surface area contributed by atoms with Crippen LogP contribution in [-0.4, -0.2) is 41.2 Å². The number of hydrogen-bond acceptors (Lipinski definition) is 5. The van der Waals surface area contributed by atoms with Crippen LogP contribution in [0.15, 0.2) is 42.5 Å². The topological polar surface area (TPSA) is 81.8 Å². The standard InChI is InChI=1S/C23H24N4O3/c1-14-11-24-18-4-2-3-5-19(18)26(14)12-15-6-7-17-16(10-15)13-27(23(17)30)20-8-9-21(28)25-22(20)29/h2-7,10,14,20,24H,8-9,11-13H2,1H3,(H,25,28,29). The zero-order valence-electron chi connectivity index (χ0n) is 16.9. The molecule has 2 N–H and O–H groups in total. The number of anilines is 2. The maximum atomic E-state index is 12.9. The Morgan fingerprint density at radius 3 is 2.77 bits per heavy atom. The zero-order valence-corrected chi connectivity index (χ0v) is 16.9. The van der Waals surface area contributed by atoms with Gasteiger partial charge in [0.25, 0.3) is 5.91 Å². The number of amides is 3. The molecule has 0 spiro atoms. The Balaban J connectivity index is 1.38. The average molecular weight is 404 g/mol. The number of carbonyl (C=O) groups excluding carboxylic acids is 3. The molecule has 3 heterocycles. The molecule has 2 atom stereocenters. The first-order chi connectivity index (χ1) is 14.5. The number of hydrogen-bond donors (Lipinski definition) is 2. The van der Waals surface area contributed by atoms with E-state index < -0.39 is 6.04 Å². The van der Waals surface area contributed by atoms with Crippen LogP contribution in [0.25, 0.3) is 0 Å². The Hall–Kier alpha value is -3.35. The van der Waals surface area contributed by atoms with Crippen molar-refractivity contribution in [2.75, 3.05) is 16.8 Å². The summed E-state index contributed by atoms with van der Waals surface area (Å²) < 4.78 is 0. The van der Waals surface area contributed by atoms with E-state index in [1.165, 1.54) is 5.69 Å². The molecule has 154 valence electrons. The van der Waals surface area contributed by atoms with Crippen LogP contribution in [-0.2, 0) is 22.7 Å². The molecule has 2 unspecified atom stereocenters. The molecule has 2 aromatic rings. The smallest absolute Gasteiger partial charge is 0.255 e. The number of imide groups is 1. The van der Waals surface area contributed by atoms with Crippen LogP contribution < -0.4 is 15.5 Å². The first-order valence-electron chi connectivity index (χ1n) is 10.4. The van der Waals surface area contributed by atoms with Crippen molar-refractivity contribution < 1.29 is 14.4 Å². The van der Waals surface area contributed by atoms with Crippen molar-refractivity contribution in [1.29, 1.82) is 0 Å². The van der Waals surface area contributed by atoms with E-state index >= 15 is 0 Å². The number of benzene rings is 2. The van der Waals surface area contributed by atoms with Crippen LogP contribution in [0.1, 0.15) is 41.3 Å². The van der Waals surface area contributed by atoms with Gasteiger partial charge in [-0.3, -0.25) is 19.7 Å². The first kappa shape index (κ1) is 18.7. The van der Waals surface area contributed by atoms with Gasteiger partial charge in [0, 0.05) is 37.7 Å². The van der Waals surface area contributed by atoms with Crippen LogP contribution in [0.2, 0.25) is 0 Å². The highest BCUT2D eigenvalue weighted by Crippen LogP contribution is 2.33. The largest absolute Gasteiger partial charge is 0.381 e. The Labute approximate surface area is 175 Å². The summed E-state index contributed by atoms with van der Waals surface area (Å²) in [5.41, 5.74) is 5.04. The van der Waals surface area contributed by atoms with Crippen molar-refractivity contribution in [3.05, 3.63) is 59.2 Å². The number of carbonyl (C=O) groups is 3. The second-order valence-corrected chi connectivity index (χ2v) is 8.27. The molecule has 30 heavy (non-hydrogen) atoms. The Bertz CT molecular complexity index is 1050. The highest BCUT2D eigenvalue weighted by molar-refractivity contribution is 6.05. The molecular weight excluding hydrogens is 380 g/mol. The Kier molecular flexibility index (Phi) is 4.46. The summed E-state index contributed by atoms with van der Waals surface area (Å²) in [4.78, 5) is 40.5. The molecule has 3 aliphatic heterocycles. The second-order valence-electron chi connectivity index (χ2n) is 8.27. The van der Waals surface area contributed by atoms with E-state index in [2.05, 4.69) is 40.7 Å². The van der Waals surface area contributed by atoms with E-state index in [4.69, 9.17) is 0 Å². The molecule has 3 aliphatic rings. The highest BCUT2D eigenvalue weighted by atomic mass is 16.2. The van der Waals surface area contributed by atoms with Gasteiger partial charge in [0.05, 0.1) is 11.4 Å². The Morgan fingerprint density at radius 2 is 1.93 bits per heavy atom. The van der Waals surface area contributed by atoms with E-state index in [1.54, 1.807) is 4.90 Å². The predicted molar refractivity (Wildman–Crippen MR) is 113 cm³/mol. The molecule has 2 aromatic carbocycles. The fourth-order valence-electron chi connectivity index (χ4n) is 4.64. The van der Waals surface area contributed by atoms with Crippen molar-refractivity contribution in [2.24, 2.45) is 0 Å². The van der Waals surface area contributed by atoms with Gasteiger partial charge in [0.15, 0.2) is 0 Å². The minimum absolute atomic E-state index is 0.132. The predicted octanol–water partition coefficient (Wildman–Crippen LogP) is 2.27. The van der Waals surface area contributed by atoms with E-state index in [0.29, 0.717) is 24.6 Å². The van der Waals surface area contributed by atoms with Gasteiger partial charge in [-0.25, -0.2) is 0 Å². The van der Waals surface area contributed by atoms with Gasteiger partial charge in [-0.05, 0) is 42.7 Å². The van der Waals surface area contributed by atoms with E-state index in [1.807, 2.05) is 24.3 Å². The number of nitrogens with zero attached hydrogens (tertiary/aromatic N) is 2. The van der Waals surface area contributed by atoms with Crippen molar-refractivity contribution in [3.63, 3.8) is 0 Å². The molecule has 0 saturated carbocycles. The molecule has 0 aliphatic carbocycles. The lowest BCUT2D eigenvalue weighted by Crippen LogP contribution is -2.52. The normalized spacial score (nSPS) is 23.0. The second kappa shape index (κ2) is 7.16. The van der Waals surface area contributed by atoms with Crippen LogP contribution in [0.4, 0.5) is 11.4 Å². The molecule has 1 saturated heterocycles. The highest BCUT2D eigenvalue weighted by Gasteiger charge is 2.39. The minimum atomic E-state index is -0.578. The van der Waals surface area contributed by atoms with Crippen LogP contribution in [0.5, 0.6) is 0 Å². The summed E-state index contributed by atoms with van der Waals surface area (Å²) in [5.74, 6) is -0.779. The van der Waals surface area contributed by atoms with Crippen LogP contribution >= 0.6 is 0 Å². The molecule has 0 radical (unpaired) electrons. The number of fused-ring (bicyclic) bond motifs is 2. The first-order valence-corrected chi connectivity index (χ1v) is 10.4. The lowest BCUT2D eigenvalue weighted by molar-refractivity contribution is -0.136. The minimum Gasteiger partial charge on any atom is -0.381 e. The third kappa shape index (κ3) is 3.10. The molecule has 7 nitrogen and oxygen atoms in total. The van der Waals surface area contributed by atoms with Crippen molar-refractivity contribution in [3.8, 4) is 0 Å². The molecule has 5 rings (SSSR count). The molecule has 7 heteroatoms. The average Bonchev–Trinajstić information content (AvgIpc) is 3.06. The quantitative estimate of drug-likeness (QED) is 0.767. The number of rotatable bonds is 3. The van der Waals surface area contributed by atoms with Gasteiger partial charge in [-0.2, -0.15) is 0 Å². The van der Waals surface area contributed by atoms with Gasteiger partial charge in [-0.15, -0.1) is 0 Å². The summed E-state index contributed by atoms with van der Waals surface area (Å²) in [7, 11) is 0. The molecule has 0 aromatic heterocycles. The molecule has 3 amide bonds. The lowest BCUT2D eigenvalue weighted by Gasteiger charge is -2.37. The fraction of sp³-hybridized carbons (Fsp3) is 0.348.